The van der Waals surface area contributed by atoms with E-state index in [0.717, 1.165) is 18.7 Å². The van der Waals surface area contributed by atoms with E-state index in [1.165, 1.54) is 66.7 Å². The van der Waals surface area contributed by atoms with Crippen molar-refractivity contribution in [2.24, 2.45) is 11.5 Å². The van der Waals surface area contributed by atoms with Crippen molar-refractivity contribution in [1.82, 2.24) is 5.32 Å². The maximum absolute atomic E-state index is 13.6. The van der Waals surface area contributed by atoms with Crippen LogP contribution in [0.4, 0.5) is 22.7 Å². The molecule has 0 heterocycles. The number of primary amides is 1. The second-order valence-corrected chi connectivity index (χ2v) is 15.8. The third kappa shape index (κ3) is 13.0. The number of aliphatic hydroxyl groups is 1. The van der Waals surface area contributed by atoms with Crippen LogP contribution < -0.4 is 47.5 Å². The molecule has 5 aromatic rings. The molecule has 0 aliphatic rings. The number of anilines is 4. The molecule has 0 aromatic heterocycles. The second kappa shape index (κ2) is 22.8. The van der Waals surface area contributed by atoms with Crippen LogP contribution in [0.1, 0.15) is 74.7 Å². The Labute approximate surface area is 390 Å². The zero-order valence-corrected chi connectivity index (χ0v) is 37.6. The standard InChI is InChI=1S/C48H53N7O13/c1-24(2)67-39-34(21-19-31(37(39)56)45(61)54-35-22-20-32(48(64)65)38(57)40(35)68-25(3)4)53-43(59)27-11-17-30(18-12-27)52-47(63)36(41(66-5)42(50)58)55-44(60)28-13-15-29(16-14-28)51-46(62)33(49)23-26-9-7-6-8-10-26/h6-22,24-25,33,36,41,46,51,56-57,62H,23,49H2,1-5H3,(H2,50,58)(H,52,63)(H,53,59)(H,54,61)(H,55,60)(H,64,65)/t33?,36-,41?,46-/m0/s1. The number of ether oxygens (including phenoxy) is 3. The van der Waals surface area contributed by atoms with Crippen LogP contribution in [-0.2, 0) is 20.7 Å². The molecule has 0 aliphatic heterocycles. The Morgan fingerprint density at radius 3 is 1.65 bits per heavy atom. The van der Waals surface area contributed by atoms with Crippen LogP contribution in [0.2, 0.25) is 0 Å². The van der Waals surface area contributed by atoms with E-state index in [1.54, 1.807) is 27.7 Å². The Morgan fingerprint density at radius 2 is 1.13 bits per heavy atom. The largest absolute Gasteiger partial charge is 0.504 e. The molecule has 0 bridgehead atoms. The lowest BCUT2D eigenvalue weighted by molar-refractivity contribution is -0.134. The van der Waals surface area contributed by atoms with E-state index in [2.05, 4.69) is 26.6 Å². The number of nitrogens with two attached hydrogens (primary N) is 2. The number of carboxylic acids is 1. The Hall–Kier alpha value is -8.20. The molecule has 5 rings (SSSR count). The quantitative estimate of drug-likeness (QED) is 0.0454. The summed E-state index contributed by atoms with van der Waals surface area (Å²) < 4.78 is 16.6. The van der Waals surface area contributed by atoms with Crippen molar-refractivity contribution in [2.45, 2.75) is 70.7 Å². The van der Waals surface area contributed by atoms with E-state index in [9.17, 15) is 49.2 Å². The zero-order valence-electron chi connectivity index (χ0n) is 37.6. The lowest BCUT2D eigenvalue weighted by Gasteiger charge is -2.24. The van der Waals surface area contributed by atoms with Crippen LogP contribution in [0.15, 0.2) is 103 Å². The van der Waals surface area contributed by atoms with Gasteiger partial charge in [-0.25, -0.2) is 4.79 Å². The summed E-state index contributed by atoms with van der Waals surface area (Å²) in [5.41, 5.74) is 12.5. The Kier molecular flexibility index (Phi) is 17.0. The first-order valence-electron chi connectivity index (χ1n) is 21.1. The van der Waals surface area contributed by atoms with Gasteiger partial charge in [0.1, 0.15) is 17.8 Å². The van der Waals surface area contributed by atoms with Crippen molar-refractivity contribution in [3.05, 3.63) is 131 Å². The number of aromatic carboxylic acids is 1. The molecule has 68 heavy (non-hydrogen) atoms. The van der Waals surface area contributed by atoms with Gasteiger partial charge < -0.3 is 72.7 Å². The summed E-state index contributed by atoms with van der Waals surface area (Å²) >= 11 is 0. The summed E-state index contributed by atoms with van der Waals surface area (Å²) in [4.78, 5) is 77.9. The number of methoxy groups -OCH3 is 1. The summed E-state index contributed by atoms with van der Waals surface area (Å²) in [6.45, 7) is 6.56. The zero-order chi connectivity index (χ0) is 49.8. The van der Waals surface area contributed by atoms with Crippen LogP contribution in [0.3, 0.4) is 0 Å². The van der Waals surface area contributed by atoms with Gasteiger partial charge in [-0.3, -0.25) is 24.0 Å². The van der Waals surface area contributed by atoms with Gasteiger partial charge in [-0.1, -0.05) is 30.3 Å². The summed E-state index contributed by atoms with van der Waals surface area (Å²) in [5, 5.41) is 55.1. The number of aliphatic hydroxyl groups excluding tert-OH is 1. The molecule has 0 fully saturated rings. The fourth-order valence-corrected chi connectivity index (χ4v) is 6.63. The number of hydrogen-bond donors (Lipinski definition) is 11. The number of carboxylic acid groups (broad SMARTS) is 1. The molecule has 2 unspecified atom stereocenters. The number of benzene rings is 5. The molecule has 20 heteroatoms. The molecule has 4 atom stereocenters. The number of nitrogens with one attached hydrogen (secondary N) is 5. The van der Waals surface area contributed by atoms with Crippen LogP contribution >= 0.6 is 0 Å². The minimum atomic E-state index is -1.62. The number of carbonyl (C=O) groups is 6. The van der Waals surface area contributed by atoms with Gasteiger partial charge in [-0.15, -0.1) is 0 Å². The average Bonchev–Trinajstić information content (AvgIpc) is 3.28. The lowest BCUT2D eigenvalue weighted by atomic mass is 10.1. The van der Waals surface area contributed by atoms with Crippen molar-refractivity contribution < 1.29 is 63.4 Å². The average molecular weight is 936 g/mol. The van der Waals surface area contributed by atoms with Gasteiger partial charge in [0.2, 0.25) is 11.8 Å². The molecule has 0 spiro atoms. The number of amides is 5. The molecule has 20 nitrogen and oxygen atoms in total. The van der Waals surface area contributed by atoms with E-state index in [-0.39, 0.29) is 45.3 Å². The summed E-state index contributed by atoms with van der Waals surface area (Å²) in [6.07, 6.45) is -3.39. The maximum atomic E-state index is 13.6. The Morgan fingerprint density at radius 1 is 0.632 bits per heavy atom. The molecular weight excluding hydrogens is 883 g/mol. The highest BCUT2D eigenvalue weighted by atomic mass is 16.5. The van der Waals surface area contributed by atoms with Crippen LogP contribution in [0.25, 0.3) is 0 Å². The van der Waals surface area contributed by atoms with Gasteiger partial charge >= 0.3 is 5.97 Å². The molecular formula is C48H53N7O13. The molecule has 0 radical (unpaired) electrons. The minimum Gasteiger partial charge on any atom is -0.504 e. The highest BCUT2D eigenvalue weighted by molar-refractivity contribution is 6.10. The Bertz CT molecular complexity index is 2630. The predicted octanol–water partition coefficient (Wildman–Crippen LogP) is 4.41. The second-order valence-electron chi connectivity index (χ2n) is 15.8. The number of phenols is 2. The molecule has 0 saturated carbocycles. The topological polar surface area (TPSA) is 323 Å². The SMILES string of the molecule is COC(C(N)=O)[C@H](NC(=O)c1ccc(N[C@@H](O)C(N)Cc2ccccc2)cc1)C(=O)Nc1ccc(C(=O)Nc2ccc(C(=O)Nc3ccc(C(=O)O)c(O)c3OC(C)C)c(O)c2OC(C)C)cc1. The maximum Gasteiger partial charge on any atom is 0.339 e. The van der Waals surface area contributed by atoms with Gasteiger partial charge in [0, 0.05) is 29.6 Å². The van der Waals surface area contributed by atoms with Gasteiger partial charge in [0.15, 0.2) is 29.1 Å². The summed E-state index contributed by atoms with van der Waals surface area (Å²) in [5.74, 6) is -7.62. The van der Waals surface area contributed by atoms with Gasteiger partial charge in [0.25, 0.3) is 17.7 Å². The van der Waals surface area contributed by atoms with E-state index < -0.39 is 89.2 Å². The monoisotopic (exact) mass is 935 g/mol. The number of carbonyl (C=O) groups excluding carboxylic acids is 5. The van der Waals surface area contributed by atoms with Crippen LogP contribution in [0.5, 0.6) is 23.0 Å². The third-order valence-corrected chi connectivity index (χ3v) is 9.94. The van der Waals surface area contributed by atoms with Crippen molar-refractivity contribution in [2.75, 3.05) is 28.4 Å². The van der Waals surface area contributed by atoms with Crippen molar-refractivity contribution >= 4 is 58.3 Å². The highest BCUT2D eigenvalue weighted by Gasteiger charge is 2.35. The first kappa shape index (κ1) is 50.8. The van der Waals surface area contributed by atoms with E-state index in [1.807, 2.05) is 30.3 Å². The molecule has 0 aliphatic carbocycles. The van der Waals surface area contributed by atoms with E-state index in [0.29, 0.717) is 12.1 Å². The number of rotatable bonds is 21. The van der Waals surface area contributed by atoms with Gasteiger partial charge in [-0.2, -0.15) is 0 Å². The van der Waals surface area contributed by atoms with Crippen LogP contribution in [-0.4, -0.2) is 99.7 Å². The fraction of sp³-hybridized carbons (Fsp3) is 0.250. The van der Waals surface area contributed by atoms with E-state index in [4.69, 9.17) is 25.7 Å². The fourth-order valence-electron chi connectivity index (χ4n) is 6.63. The molecule has 358 valence electrons. The lowest BCUT2D eigenvalue weighted by Crippen LogP contribution is -2.56. The summed E-state index contributed by atoms with van der Waals surface area (Å²) in [6, 6.07) is 23.3. The molecule has 0 saturated heterocycles. The van der Waals surface area contributed by atoms with Crippen LogP contribution in [0, 0.1) is 0 Å². The first-order chi connectivity index (χ1) is 32.3. The number of phenolic OH excluding ortho intramolecular Hbond substituents is 1. The third-order valence-electron chi connectivity index (χ3n) is 9.94. The smallest absolute Gasteiger partial charge is 0.339 e. The highest BCUT2D eigenvalue weighted by Crippen LogP contribution is 2.41. The Balaban J connectivity index is 1.26. The number of aromatic hydroxyl groups is 2. The molecule has 5 amide bonds. The van der Waals surface area contributed by atoms with Crippen molar-refractivity contribution in [3.63, 3.8) is 0 Å². The van der Waals surface area contributed by atoms with E-state index >= 15 is 0 Å². The van der Waals surface area contributed by atoms with Crippen molar-refractivity contribution in [1.29, 1.82) is 0 Å². The number of hydrogen-bond acceptors (Lipinski definition) is 14. The van der Waals surface area contributed by atoms with Gasteiger partial charge in [-0.05, 0) is 112 Å². The predicted molar refractivity (Wildman–Crippen MR) is 251 cm³/mol. The molecule has 5 aromatic carbocycles. The van der Waals surface area contributed by atoms with Gasteiger partial charge in [0.05, 0.1) is 35.2 Å². The molecule has 13 N–H and O–H groups in total. The van der Waals surface area contributed by atoms with Crippen molar-refractivity contribution in [3.8, 4) is 23.0 Å². The summed E-state index contributed by atoms with van der Waals surface area (Å²) in [7, 11) is 1.14. The minimum absolute atomic E-state index is 0.0235. The normalized spacial score (nSPS) is 12.8. The first-order valence-corrected chi connectivity index (χ1v) is 21.1.